The monoisotopic (exact) mass is 277 g/mol. The minimum Gasteiger partial charge on any atom is -0.507 e. The van der Waals surface area contributed by atoms with Crippen molar-refractivity contribution in [1.82, 2.24) is 5.32 Å². The Morgan fingerprint density at radius 3 is 2.55 bits per heavy atom. The van der Waals surface area contributed by atoms with Crippen molar-refractivity contribution < 1.29 is 5.11 Å². The van der Waals surface area contributed by atoms with Crippen LogP contribution in [-0.2, 0) is 0 Å². The molecule has 0 saturated heterocycles. The number of phenols is 1. The quantitative estimate of drug-likeness (QED) is 0.567. The first-order chi connectivity index (χ1) is 9.58. The van der Waals surface area contributed by atoms with E-state index in [1.54, 1.807) is 12.3 Å². The number of hydrogen-bond acceptors (Lipinski definition) is 4. The Labute approximate surface area is 122 Å². The molecule has 4 heteroatoms. The Kier molecular flexibility index (Phi) is 7.09. The summed E-state index contributed by atoms with van der Waals surface area (Å²) in [6.07, 6.45) is 1.74. The highest BCUT2D eigenvalue weighted by Gasteiger charge is 2.05. The number of rotatable bonds is 8. The summed E-state index contributed by atoms with van der Waals surface area (Å²) in [4.78, 5) is 6.53. The van der Waals surface area contributed by atoms with E-state index in [0.717, 1.165) is 37.4 Å². The average Bonchev–Trinajstić information content (AvgIpc) is 2.41. The van der Waals surface area contributed by atoms with E-state index in [1.807, 2.05) is 12.1 Å². The number of benzene rings is 1. The van der Waals surface area contributed by atoms with E-state index in [-0.39, 0.29) is 5.75 Å². The van der Waals surface area contributed by atoms with E-state index in [9.17, 15) is 5.11 Å². The van der Waals surface area contributed by atoms with Gasteiger partial charge in [0.15, 0.2) is 0 Å². The van der Waals surface area contributed by atoms with Crippen LogP contribution in [0.3, 0.4) is 0 Å². The van der Waals surface area contributed by atoms with Gasteiger partial charge in [-0.2, -0.15) is 0 Å². The molecule has 0 spiro atoms. The summed E-state index contributed by atoms with van der Waals surface area (Å²) in [5.41, 5.74) is 1.82. The Morgan fingerprint density at radius 2 is 2.00 bits per heavy atom. The maximum absolute atomic E-state index is 10.0. The molecule has 0 bridgehead atoms. The number of aliphatic imine (C=N–C) groups is 1. The fourth-order valence-corrected chi connectivity index (χ4v) is 2.01. The molecular formula is C16H27N3O. The zero-order chi connectivity index (χ0) is 15.0. The fourth-order valence-electron chi connectivity index (χ4n) is 2.01. The highest BCUT2D eigenvalue weighted by molar-refractivity contribution is 5.84. The summed E-state index contributed by atoms with van der Waals surface area (Å²) in [7, 11) is 0. The van der Waals surface area contributed by atoms with Crippen LogP contribution in [0.1, 0.15) is 33.3 Å². The molecule has 0 saturated carbocycles. The molecular weight excluding hydrogens is 250 g/mol. The summed E-state index contributed by atoms with van der Waals surface area (Å²) in [5, 5.41) is 13.3. The van der Waals surface area contributed by atoms with Gasteiger partial charge >= 0.3 is 0 Å². The molecule has 0 aromatic heterocycles. The van der Waals surface area contributed by atoms with Crippen molar-refractivity contribution in [3.8, 4) is 5.75 Å². The molecule has 0 fully saturated rings. The molecule has 0 aliphatic rings. The molecule has 0 radical (unpaired) electrons. The maximum Gasteiger partial charge on any atom is 0.126 e. The molecule has 0 aliphatic heterocycles. The first-order valence-corrected chi connectivity index (χ1v) is 7.39. The Bertz CT molecular complexity index is 426. The lowest BCUT2D eigenvalue weighted by Gasteiger charge is -2.21. The van der Waals surface area contributed by atoms with E-state index >= 15 is 0 Å². The molecule has 1 aromatic rings. The molecule has 0 aliphatic carbocycles. The lowest BCUT2D eigenvalue weighted by atomic mass is 10.2. The Morgan fingerprint density at radius 1 is 1.30 bits per heavy atom. The molecule has 0 heterocycles. The van der Waals surface area contributed by atoms with Crippen molar-refractivity contribution in [2.24, 2.45) is 4.99 Å². The van der Waals surface area contributed by atoms with Crippen LogP contribution in [0.15, 0.2) is 23.2 Å². The molecule has 0 amide bonds. The molecule has 0 atom stereocenters. The van der Waals surface area contributed by atoms with Gasteiger partial charge in [0.25, 0.3) is 0 Å². The van der Waals surface area contributed by atoms with Crippen LogP contribution in [0.4, 0.5) is 5.69 Å². The minimum atomic E-state index is 0.287. The van der Waals surface area contributed by atoms with Gasteiger partial charge in [0.05, 0.1) is 6.54 Å². The van der Waals surface area contributed by atoms with Gasteiger partial charge in [0, 0.05) is 49.2 Å². The van der Waals surface area contributed by atoms with Crippen molar-refractivity contribution in [2.45, 2.75) is 33.7 Å². The van der Waals surface area contributed by atoms with Gasteiger partial charge in [-0.15, -0.1) is 0 Å². The first-order valence-electron chi connectivity index (χ1n) is 7.39. The number of phenolic OH excluding ortho intramolecular Hbond substituents is 1. The number of nitrogens with one attached hydrogen (secondary N) is 1. The molecule has 112 valence electrons. The number of hydrogen-bond donors (Lipinski definition) is 2. The van der Waals surface area contributed by atoms with Crippen molar-refractivity contribution in [2.75, 3.05) is 31.1 Å². The van der Waals surface area contributed by atoms with Gasteiger partial charge in [-0.05, 0) is 26.0 Å². The van der Waals surface area contributed by atoms with Crippen LogP contribution in [0.2, 0.25) is 0 Å². The SMILES string of the molecule is CCN(CC)c1ccc(C=NCCNC(C)C)c(O)c1. The second kappa shape index (κ2) is 8.59. The van der Waals surface area contributed by atoms with E-state index in [4.69, 9.17) is 0 Å². The second-order valence-corrected chi connectivity index (χ2v) is 5.06. The van der Waals surface area contributed by atoms with Gasteiger partial charge in [-0.25, -0.2) is 0 Å². The van der Waals surface area contributed by atoms with Crippen molar-refractivity contribution in [1.29, 1.82) is 0 Å². The third kappa shape index (κ3) is 5.21. The van der Waals surface area contributed by atoms with Crippen LogP contribution < -0.4 is 10.2 Å². The fraction of sp³-hybridized carbons (Fsp3) is 0.562. The topological polar surface area (TPSA) is 47.9 Å². The van der Waals surface area contributed by atoms with Gasteiger partial charge in [0.1, 0.15) is 5.75 Å². The maximum atomic E-state index is 10.0. The van der Waals surface area contributed by atoms with Crippen LogP contribution in [0, 0.1) is 0 Å². The van der Waals surface area contributed by atoms with Crippen molar-refractivity contribution in [3.05, 3.63) is 23.8 Å². The summed E-state index contributed by atoms with van der Waals surface area (Å²) in [5.74, 6) is 0.287. The lowest BCUT2D eigenvalue weighted by molar-refractivity contribution is 0.474. The van der Waals surface area contributed by atoms with Gasteiger partial charge in [-0.3, -0.25) is 4.99 Å². The predicted octanol–water partition coefficient (Wildman–Crippen LogP) is 2.66. The van der Waals surface area contributed by atoms with E-state index in [0.29, 0.717) is 6.04 Å². The molecule has 2 N–H and O–H groups in total. The zero-order valence-electron chi connectivity index (χ0n) is 13.1. The summed E-state index contributed by atoms with van der Waals surface area (Å²) < 4.78 is 0. The lowest BCUT2D eigenvalue weighted by Crippen LogP contribution is -2.25. The van der Waals surface area contributed by atoms with E-state index in [1.165, 1.54) is 0 Å². The van der Waals surface area contributed by atoms with E-state index < -0.39 is 0 Å². The third-order valence-corrected chi connectivity index (χ3v) is 3.17. The minimum absolute atomic E-state index is 0.287. The molecule has 0 unspecified atom stereocenters. The van der Waals surface area contributed by atoms with Crippen LogP contribution in [0.5, 0.6) is 5.75 Å². The Balaban J connectivity index is 2.61. The summed E-state index contributed by atoms with van der Waals surface area (Å²) in [6.45, 7) is 11.9. The Hall–Kier alpha value is -1.55. The first kappa shape index (κ1) is 16.5. The average molecular weight is 277 g/mol. The standard InChI is InChI=1S/C16H27N3O/c1-5-19(6-2)15-8-7-14(16(20)11-15)12-17-9-10-18-13(3)4/h7-8,11-13,18,20H,5-6,9-10H2,1-4H3. The highest BCUT2D eigenvalue weighted by atomic mass is 16.3. The zero-order valence-corrected chi connectivity index (χ0v) is 13.1. The van der Waals surface area contributed by atoms with Crippen LogP contribution >= 0.6 is 0 Å². The molecule has 1 rings (SSSR count). The van der Waals surface area contributed by atoms with Crippen molar-refractivity contribution in [3.63, 3.8) is 0 Å². The van der Waals surface area contributed by atoms with Gasteiger partial charge in [-0.1, -0.05) is 13.8 Å². The normalized spacial score (nSPS) is 11.4. The van der Waals surface area contributed by atoms with Gasteiger partial charge in [0.2, 0.25) is 0 Å². The van der Waals surface area contributed by atoms with Gasteiger partial charge < -0.3 is 15.3 Å². The smallest absolute Gasteiger partial charge is 0.126 e. The largest absolute Gasteiger partial charge is 0.507 e. The predicted molar refractivity (Wildman–Crippen MR) is 87.3 cm³/mol. The summed E-state index contributed by atoms with van der Waals surface area (Å²) in [6, 6.07) is 6.23. The van der Waals surface area contributed by atoms with Crippen LogP contribution in [-0.4, -0.2) is 43.5 Å². The van der Waals surface area contributed by atoms with Crippen molar-refractivity contribution >= 4 is 11.9 Å². The van der Waals surface area contributed by atoms with Crippen LogP contribution in [0.25, 0.3) is 0 Å². The third-order valence-electron chi connectivity index (χ3n) is 3.17. The number of anilines is 1. The second-order valence-electron chi connectivity index (χ2n) is 5.06. The van der Waals surface area contributed by atoms with E-state index in [2.05, 4.69) is 42.9 Å². The molecule has 4 nitrogen and oxygen atoms in total. The highest BCUT2D eigenvalue weighted by Crippen LogP contribution is 2.23. The number of aromatic hydroxyl groups is 1. The molecule has 1 aromatic carbocycles. The summed E-state index contributed by atoms with van der Waals surface area (Å²) >= 11 is 0. The molecule has 20 heavy (non-hydrogen) atoms. The number of nitrogens with zero attached hydrogens (tertiary/aromatic N) is 2.